The van der Waals surface area contributed by atoms with Crippen molar-refractivity contribution in [2.75, 3.05) is 19.6 Å². The summed E-state index contributed by atoms with van der Waals surface area (Å²) in [6.07, 6.45) is 5.46. The van der Waals surface area contributed by atoms with Crippen LogP contribution in [0.1, 0.15) is 42.7 Å². The lowest BCUT2D eigenvalue weighted by Gasteiger charge is -2.36. The molecular weight excluding hydrogens is 318 g/mol. The number of amides is 1. The summed E-state index contributed by atoms with van der Waals surface area (Å²) in [5, 5.41) is 0. The van der Waals surface area contributed by atoms with Crippen LogP contribution in [-0.4, -0.2) is 35.0 Å². The fraction of sp³-hybridized carbons (Fsp3) is 0.667. The Hall–Kier alpha value is -0.810. The van der Waals surface area contributed by atoms with E-state index in [1.54, 1.807) is 0 Å². The van der Waals surface area contributed by atoms with E-state index in [-0.39, 0.29) is 5.91 Å². The third-order valence-corrected chi connectivity index (χ3v) is 5.11. The van der Waals surface area contributed by atoms with Gasteiger partial charge >= 0.3 is 0 Å². The van der Waals surface area contributed by atoms with Gasteiger partial charge in [0, 0.05) is 29.8 Å². The van der Waals surface area contributed by atoms with Gasteiger partial charge in [0.05, 0.1) is 0 Å². The van der Waals surface area contributed by atoms with Crippen molar-refractivity contribution in [3.63, 3.8) is 0 Å². The van der Waals surface area contributed by atoms with E-state index in [0.717, 1.165) is 29.7 Å². The van der Waals surface area contributed by atoms with Gasteiger partial charge in [-0.1, -0.05) is 6.92 Å². The van der Waals surface area contributed by atoms with Gasteiger partial charge in [0.25, 0.3) is 5.91 Å². The average molecular weight is 340 g/mol. The number of hydrogen-bond acceptors (Lipinski definition) is 2. The van der Waals surface area contributed by atoms with E-state index < -0.39 is 0 Å². The van der Waals surface area contributed by atoms with Gasteiger partial charge in [-0.05, 0) is 59.6 Å². The van der Waals surface area contributed by atoms with Crippen LogP contribution in [0.2, 0.25) is 0 Å². The molecule has 1 saturated heterocycles. The van der Waals surface area contributed by atoms with Gasteiger partial charge in [-0.2, -0.15) is 0 Å². The molecule has 20 heavy (non-hydrogen) atoms. The molecule has 110 valence electrons. The molecule has 2 atom stereocenters. The summed E-state index contributed by atoms with van der Waals surface area (Å²) in [7, 11) is 0. The summed E-state index contributed by atoms with van der Waals surface area (Å²) < 4.78 is 3.13. The van der Waals surface area contributed by atoms with E-state index >= 15 is 0 Å². The van der Waals surface area contributed by atoms with E-state index in [1.807, 2.05) is 17.2 Å². The quantitative estimate of drug-likeness (QED) is 0.920. The van der Waals surface area contributed by atoms with E-state index in [2.05, 4.69) is 27.4 Å². The molecule has 0 bridgehead atoms. The van der Waals surface area contributed by atoms with Crippen molar-refractivity contribution in [3.05, 3.63) is 22.4 Å². The lowest BCUT2D eigenvalue weighted by atomic mass is 9.87. The van der Waals surface area contributed by atoms with Crippen LogP contribution in [0.15, 0.2) is 16.7 Å². The van der Waals surface area contributed by atoms with Gasteiger partial charge < -0.3 is 15.2 Å². The van der Waals surface area contributed by atoms with Gasteiger partial charge in [0.15, 0.2) is 0 Å². The minimum Gasteiger partial charge on any atom is -0.339 e. The highest BCUT2D eigenvalue weighted by atomic mass is 79.9. The molecule has 0 aromatic carbocycles. The van der Waals surface area contributed by atoms with Crippen molar-refractivity contribution in [2.24, 2.45) is 17.6 Å². The van der Waals surface area contributed by atoms with Crippen molar-refractivity contribution in [1.29, 1.82) is 0 Å². The van der Waals surface area contributed by atoms with Crippen LogP contribution in [0.5, 0.6) is 0 Å². The fourth-order valence-electron chi connectivity index (χ4n) is 3.07. The first-order valence-electron chi connectivity index (χ1n) is 7.47. The smallest absolute Gasteiger partial charge is 0.270 e. The Morgan fingerprint density at radius 3 is 2.85 bits per heavy atom. The van der Waals surface area contributed by atoms with E-state index in [9.17, 15) is 4.79 Å². The molecule has 1 aromatic heterocycles. The van der Waals surface area contributed by atoms with E-state index in [1.165, 1.54) is 12.8 Å². The third-order valence-electron chi connectivity index (χ3n) is 4.68. The molecule has 0 radical (unpaired) electrons. The second kappa shape index (κ2) is 5.53. The molecule has 2 N–H and O–H groups in total. The minimum atomic E-state index is 0.160. The maximum atomic E-state index is 12.8. The number of halogens is 1. The molecule has 1 saturated carbocycles. The number of carbonyl (C=O) groups excluding carboxylic acids is 1. The zero-order valence-corrected chi connectivity index (χ0v) is 13.5. The van der Waals surface area contributed by atoms with E-state index in [0.29, 0.717) is 24.4 Å². The number of hydrogen-bond donors (Lipinski definition) is 1. The zero-order chi connectivity index (χ0) is 14.3. The molecule has 1 aromatic rings. The largest absolute Gasteiger partial charge is 0.339 e. The number of nitrogens with two attached hydrogens (primary N) is 1. The van der Waals surface area contributed by atoms with Gasteiger partial charge in [-0.25, -0.2) is 0 Å². The average Bonchev–Trinajstić information content (AvgIpc) is 3.21. The first-order chi connectivity index (χ1) is 9.60. The Balaban J connectivity index is 1.78. The number of carbonyl (C=O) groups is 1. The predicted molar refractivity (Wildman–Crippen MR) is 82.6 cm³/mol. The predicted octanol–water partition coefficient (Wildman–Crippen LogP) is 2.64. The van der Waals surface area contributed by atoms with Crippen molar-refractivity contribution >= 4 is 21.8 Å². The molecule has 4 nitrogen and oxygen atoms in total. The summed E-state index contributed by atoms with van der Waals surface area (Å²) >= 11 is 3.49. The first-order valence-corrected chi connectivity index (χ1v) is 8.26. The van der Waals surface area contributed by atoms with Crippen molar-refractivity contribution in [2.45, 2.75) is 32.2 Å². The SMILES string of the molecule is CC1CCN(C(=O)c2cc(Br)cn2C2CC2)CC1CN. The zero-order valence-electron chi connectivity index (χ0n) is 11.9. The molecule has 0 spiro atoms. The molecule has 3 rings (SSSR count). The van der Waals surface area contributed by atoms with Crippen LogP contribution < -0.4 is 5.73 Å². The Morgan fingerprint density at radius 1 is 1.45 bits per heavy atom. The standard InChI is InChI=1S/C15H22BrN3O/c1-10-4-5-18(8-11(10)7-17)15(20)14-6-12(16)9-19(14)13-2-3-13/h6,9-11,13H,2-5,7-8,17H2,1H3. The van der Waals surface area contributed by atoms with Crippen molar-refractivity contribution in [1.82, 2.24) is 9.47 Å². The highest BCUT2D eigenvalue weighted by Crippen LogP contribution is 2.38. The van der Waals surface area contributed by atoms with Crippen LogP contribution in [0.25, 0.3) is 0 Å². The summed E-state index contributed by atoms with van der Waals surface area (Å²) in [6.45, 7) is 4.55. The number of aromatic nitrogens is 1. The Kier molecular flexibility index (Phi) is 3.91. The molecule has 1 aliphatic heterocycles. The topological polar surface area (TPSA) is 51.3 Å². The molecule has 2 unspecified atom stereocenters. The Bertz CT molecular complexity index is 509. The second-order valence-corrected chi connectivity index (χ2v) is 7.11. The van der Waals surface area contributed by atoms with Crippen molar-refractivity contribution in [3.8, 4) is 0 Å². The van der Waals surface area contributed by atoms with Crippen LogP contribution in [0.4, 0.5) is 0 Å². The van der Waals surface area contributed by atoms with Gasteiger partial charge in [-0.15, -0.1) is 0 Å². The van der Waals surface area contributed by atoms with Crippen LogP contribution in [-0.2, 0) is 0 Å². The summed E-state index contributed by atoms with van der Waals surface area (Å²) in [6, 6.07) is 2.48. The summed E-state index contributed by atoms with van der Waals surface area (Å²) in [5.41, 5.74) is 6.66. The van der Waals surface area contributed by atoms with Gasteiger partial charge in [0.2, 0.25) is 0 Å². The lowest BCUT2D eigenvalue weighted by Crippen LogP contribution is -2.45. The van der Waals surface area contributed by atoms with Crippen LogP contribution in [0.3, 0.4) is 0 Å². The highest BCUT2D eigenvalue weighted by molar-refractivity contribution is 9.10. The number of likely N-dealkylation sites (tertiary alicyclic amines) is 1. The van der Waals surface area contributed by atoms with Gasteiger partial charge in [-0.3, -0.25) is 4.79 Å². The monoisotopic (exact) mass is 339 g/mol. The fourth-order valence-corrected chi connectivity index (χ4v) is 3.51. The first kappa shape index (κ1) is 14.1. The Morgan fingerprint density at radius 2 is 2.20 bits per heavy atom. The van der Waals surface area contributed by atoms with E-state index in [4.69, 9.17) is 5.73 Å². The van der Waals surface area contributed by atoms with Crippen LogP contribution in [0, 0.1) is 11.8 Å². The van der Waals surface area contributed by atoms with Gasteiger partial charge in [0.1, 0.15) is 5.69 Å². The summed E-state index contributed by atoms with van der Waals surface area (Å²) in [5.74, 6) is 1.21. The molecule has 1 aliphatic carbocycles. The number of rotatable bonds is 3. The molecule has 2 aliphatic rings. The lowest BCUT2D eigenvalue weighted by molar-refractivity contribution is 0.0607. The molecule has 2 fully saturated rings. The maximum absolute atomic E-state index is 12.8. The highest BCUT2D eigenvalue weighted by Gasteiger charge is 2.32. The second-order valence-electron chi connectivity index (χ2n) is 6.19. The normalized spacial score (nSPS) is 26.9. The maximum Gasteiger partial charge on any atom is 0.270 e. The molecule has 5 heteroatoms. The number of nitrogens with zero attached hydrogens (tertiary/aromatic N) is 2. The third kappa shape index (κ3) is 2.66. The summed E-state index contributed by atoms with van der Waals surface area (Å²) in [4.78, 5) is 14.8. The van der Waals surface area contributed by atoms with Crippen molar-refractivity contribution < 1.29 is 4.79 Å². The molecule has 1 amide bonds. The van der Waals surface area contributed by atoms with Crippen LogP contribution >= 0.6 is 15.9 Å². The number of piperidine rings is 1. The Labute approximate surface area is 128 Å². The molecule has 2 heterocycles. The minimum absolute atomic E-state index is 0.160. The molecular formula is C15H22BrN3O.